The predicted octanol–water partition coefficient (Wildman–Crippen LogP) is 4.05. The highest BCUT2D eigenvalue weighted by Crippen LogP contribution is 2.23. The van der Waals surface area contributed by atoms with Gasteiger partial charge in [0.05, 0.1) is 0 Å². The van der Waals surface area contributed by atoms with Crippen LogP contribution in [-0.4, -0.2) is 24.5 Å². The van der Waals surface area contributed by atoms with Gasteiger partial charge in [-0.1, -0.05) is 54.1 Å². The van der Waals surface area contributed by atoms with Gasteiger partial charge in [-0.3, -0.25) is 10.1 Å². The van der Waals surface area contributed by atoms with Gasteiger partial charge in [-0.15, -0.1) is 10.2 Å². The zero-order valence-corrected chi connectivity index (χ0v) is 18.1. The first-order valence-electron chi connectivity index (χ1n) is 8.80. The number of anilines is 1. The SMILES string of the molecule is CCc1ccc([C@H](C)NS(=O)(=O)c2nnc(NC(=O)c3ccc(Cl)cc3)s2)cc1. The van der Waals surface area contributed by atoms with Gasteiger partial charge in [0.25, 0.3) is 15.9 Å². The fourth-order valence-corrected chi connectivity index (χ4v) is 4.80. The summed E-state index contributed by atoms with van der Waals surface area (Å²) in [5, 5.41) is 10.6. The summed E-state index contributed by atoms with van der Waals surface area (Å²) in [6, 6.07) is 13.6. The molecule has 1 heterocycles. The Labute approximate surface area is 178 Å². The van der Waals surface area contributed by atoms with Crippen LogP contribution in [0.5, 0.6) is 0 Å². The third kappa shape index (κ3) is 5.39. The standard InChI is InChI=1S/C19H19ClN4O3S2/c1-3-13-4-6-14(7-5-13)12(2)24-29(26,27)19-23-22-18(28-19)21-17(25)15-8-10-16(20)11-9-15/h4-12,24H,3H2,1-2H3,(H,21,22,25)/t12-/m0/s1. The number of carbonyl (C=O) groups excluding carboxylic acids is 1. The van der Waals surface area contributed by atoms with Gasteiger partial charge in [0.15, 0.2) is 0 Å². The van der Waals surface area contributed by atoms with Crippen molar-refractivity contribution in [3.63, 3.8) is 0 Å². The number of aromatic nitrogens is 2. The molecule has 0 aliphatic heterocycles. The van der Waals surface area contributed by atoms with Crippen LogP contribution in [0.2, 0.25) is 5.02 Å². The van der Waals surface area contributed by atoms with Crippen LogP contribution in [0.3, 0.4) is 0 Å². The Balaban J connectivity index is 1.69. The van der Waals surface area contributed by atoms with E-state index in [1.54, 1.807) is 31.2 Å². The lowest BCUT2D eigenvalue weighted by atomic mass is 10.1. The number of rotatable bonds is 7. The van der Waals surface area contributed by atoms with Crippen molar-refractivity contribution in [1.29, 1.82) is 0 Å². The Morgan fingerprint density at radius 2 is 1.76 bits per heavy atom. The number of amides is 1. The Morgan fingerprint density at radius 3 is 2.38 bits per heavy atom. The van der Waals surface area contributed by atoms with E-state index >= 15 is 0 Å². The van der Waals surface area contributed by atoms with Crippen molar-refractivity contribution < 1.29 is 13.2 Å². The summed E-state index contributed by atoms with van der Waals surface area (Å²) >= 11 is 6.58. The minimum atomic E-state index is -3.88. The Hall–Kier alpha value is -2.33. The van der Waals surface area contributed by atoms with Crippen LogP contribution >= 0.6 is 22.9 Å². The van der Waals surface area contributed by atoms with Crippen LogP contribution in [0.4, 0.5) is 5.13 Å². The minimum Gasteiger partial charge on any atom is -0.296 e. The third-order valence-electron chi connectivity index (χ3n) is 4.18. The van der Waals surface area contributed by atoms with Gasteiger partial charge in [-0.05, 0) is 48.7 Å². The molecule has 10 heteroatoms. The Morgan fingerprint density at radius 1 is 1.10 bits per heavy atom. The van der Waals surface area contributed by atoms with Crippen molar-refractivity contribution in [3.8, 4) is 0 Å². The summed E-state index contributed by atoms with van der Waals surface area (Å²) in [5.41, 5.74) is 2.39. The zero-order chi connectivity index (χ0) is 21.0. The van der Waals surface area contributed by atoms with Crippen molar-refractivity contribution in [1.82, 2.24) is 14.9 Å². The maximum atomic E-state index is 12.6. The Bertz CT molecular complexity index is 1100. The van der Waals surface area contributed by atoms with E-state index in [1.165, 1.54) is 5.56 Å². The molecule has 0 aliphatic rings. The van der Waals surface area contributed by atoms with E-state index in [2.05, 4.69) is 27.2 Å². The summed E-state index contributed by atoms with van der Waals surface area (Å²) in [4.78, 5) is 12.2. The molecular weight excluding hydrogens is 432 g/mol. The van der Waals surface area contributed by atoms with Crippen LogP contribution in [0.1, 0.15) is 41.4 Å². The average molecular weight is 451 g/mol. The van der Waals surface area contributed by atoms with Gasteiger partial charge in [0, 0.05) is 16.6 Å². The van der Waals surface area contributed by atoms with Crippen LogP contribution < -0.4 is 10.0 Å². The second-order valence-electron chi connectivity index (χ2n) is 6.27. The first-order valence-corrected chi connectivity index (χ1v) is 11.5. The highest BCUT2D eigenvalue weighted by atomic mass is 35.5. The van der Waals surface area contributed by atoms with E-state index < -0.39 is 22.0 Å². The maximum absolute atomic E-state index is 12.6. The van der Waals surface area contributed by atoms with Crippen molar-refractivity contribution in [2.24, 2.45) is 0 Å². The number of benzene rings is 2. The molecule has 0 radical (unpaired) electrons. The van der Waals surface area contributed by atoms with Crippen molar-refractivity contribution in [2.75, 3.05) is 5.32 Å². The molecule has 0 saturated heterocycles. The van der Waals surface area contributed by atoms with Crippen molar-refractivity contribution in [3.05, 3.63) is 70.2 Å². The van der Waals surface area contributed by atoms with Gasteiger partial charge in [0.1, 0.15) is 0 Å². The summed E-state index contributed by atoms with van der Waals surface area (Å²) < 4.78 is 27.6. The van der Waals surface area contributed by atoms with Gasteiger partial charge >= 0.3 is 0 Å². The normalized spacial score (nSPS) is 12.5. The fourth-order valence-electron chi connectivity index (χ4n) is 2.53. The maximum Gasteiger partial charge on any atom is 0.270 e. The highest BCUT2D eigenvalue weighted by Gasteiger charge is 2.24. The van der Waals surface area contributed by atoms with Crippen molar-refractivity contribution in [2.45, 2.75) is 30.6 Å². The number of nitrogens with one attached hydrogen (secondary N) is 2. The number of carbonyl (C=O) groups is 1. The van der Waals surface area contributed by atoms with Crippen LogP contribution in [-0.2, 0) is 16.4 Å². The van der Waals surface area contributed by atoms with E-state index in [9.17, 15) is 13.2 Å². The molecule has 3 aromatic rings. The van der Waals surface area contributed by atoms with E-state index in [4.69, 9.17) is 11.6 Å². The molecule has 2 aromatic carbocycles. The number of sulfonamides is 1. The minimum absolute atomic E-state index is 0.0882. The molecule has 0 saturated carbocycles. The molecule has 29 heavy (non-hydrogen) atoms. The largest absolute Gasteiger partial charge is 0.296 e. The molecule has 0 aliphatic carbocycles. The third-order valence-corrected chi connectivity index (χ3v) is 7.18. The van der Waals surface area contributed by atoms with Crippen LogP contribution in [0.15, 0.2) is 52.9 Å². The van der Waals surface area contributed by atoms with Crippen LogP contribution in [0, 0.1) is 0 Å². The topological polar surface area (TPSA) is 101 Å². The molecular formula is C19H19ClN4O3S2. The second kappa shape index (κ2) is 9.00. The fraction of sp³-hybridized carbons (Fsp3) is 0.211. The summed E-state index contributed by atoms with van der Waals surface area (Å²) in [7, 11) is -3.88. The number of halogens is 1. The van der Waals surface area contributed by atoms with Gasteiger partial charge in [0.2, 0.25) is 9.47 Å². The van der Waals surface area contributed by atoms with E-state index in [0.29, 0.717) is 10.6 Å². The molecule has 152 valence electrons. The lowest BCUT2D eigenvalue weighted by Crippen LogP contribution is -2.26. The lowest BCUT2D eigenvalue weighted by Gasteiger charge is -2.13. The molecule has 2 N–H and O–H groups in total. The number of nitrogens with zero attached hydrogens (tertiary/aromatic N) is 2. The lowest BCUT2D eigenvalue weighted by molar-refractivity contribution is 0.102. The second-order valence-corrected chi connectivity index (χ2v) is 9.57. The predicted molar refractivity (Wildman–Crippen MR) is 114 cm³/mol. The van der Waals surface area contributed by atoms with Gasteiger partial charge in [-0.25, -0.2) is 13.1 Å². The molecule has 0 unspecified atom stereocenters. The Kier molecular flexibility index (Phi) is 6.63. The molecule has 1 aromatic heterocycles. The van der Waals surface area contributed by atoms with Crippen molar-refractivity contribution >= 4 is 44.0 Å². The first-order chi connectivity index (χ1) is 13.8. The van der Waals surface area contributed by atoms with E-state index in [1.807, 2.05) is 24.3 Å². The van der Waals surface area contributed by atoms with Crippen LogP contribution in [0.25, 0.3) is 0 Å². The number of aryl methyl sites for hydroxylation is 1. The summed E-state index contributed by atoms with van der Waals surface area (Å²) in [6.07, 6.45) is 0.912. The van der Waals surface area contributed by atoms with E-state index in [-0.39, 0.29) is 9.47 Å². The molecule has 1 atom stereocenters. The molecule has 1 amide bonds. The summed E-state index contributed by atoms with van der Waals surface area (Å²) in [6.45, 7) is 3.81. The van der Waals surface area contributed by atoms with Gasteiger partial charge < -0.3 is 0 Å². The number of hydrogen-bond acceptors (Lipinski definition) is 6. The monoisotopic (exact) mass is 450 g/mol. The zero-order valence-electron chi connectivity index (χ0n) is 15.7. The average Bonchev–Trinajstić information content (AvgIpc) is 3.17. The quantitative estimate of drug-likeness (QED) is 0.529. The molecule has 0 spiro atoms. The summed E-state index contributed by atoms with van der Waals surface area (Å²) in [5.74, 6) is -0.431. The van der Waals surface area contributed by atoms with E-state index in [0.717, 1.165) is 23.3 Å². The van der Waals surface area contributed by atoms with Gasteiger partial charge in [-0.2, -0.15) is 0 Å². The molecule has 0 bridgehead atoms. The molecule has 0 fully saturated rings. The highest BCUT2D eigenvalue weighted by molar-refractivity contribution is 7.91. The smallest absolute Gasteiger partial charge is 0.270 e. The molecule has 7 nitrogen and oxygen atoms in total. The number of hydrogen-bond donors (Lipinski definition) is 2. The molecule has 3 rings (SSSR count). The first kappa shape index (κ1) is 21.4.